The number of benzene rings is 2. The molecule has 0 atom stereocenters. The zero-order valence-electron chi connectivity index (χ0n) is 17.9. The van der Waals surface area contributed by atoms with E-state index in [0.717, 1.165) is 22.6 Å². The van der Waals surface area contributed by atoms with Gasteiger partial charge < -0.3 is 10.1 Å². The third kappa shape index (κ3) is 5.15. The number of hydrogen-bond donors (Lipinski definition) is 1. The van der Waals surface area contributed by atoms with Crippen molar-refractivity contribution in [1.29, 1.82) is 0 Å². The minimum absolute atomic E-state index is 0.140. The summed E-state index contributed by atoms with van der Waals surface area (Å²) in [5, 5.41) is 12.1. The first kappa shape index (κ1) is 21.6. The molecular formula is C24H23N5O2S. The van der Waals surface area contributed by atoms with Crippen molar-refractivity contribution in [2.24, 2.45) is 0 Å². The van der Waals surface area contributed by atoms with Crippen molar-refractivity contribution in [2.45, 2.75) is 25.6 Å². The van der Waals surface area contributed by atoms with Gasteiger partial charge in [-0.1, -0.05) is 48.2 Å². The summed E-state index contributed by atoms with van der Waals surface area (Å²) in [4.78, 5) is 16.4. The number of carbonyl (C=O) groups is 1. The summed E-state index contributed by atoms with van der Waals surface area (Å²) in [5.41, 5.74) is 3.70. The Morgan fingerprint density at radius 1 is 1.00 bits per heavy atom. The van der Waals surface area contributed by atoms with Crippen LogP contribution in [0.1, 0.15) is 17.0 Å². The second-order valence-corrected chi connectivity index (χ2v) is 8.10. The minimum Gasteiger partial charge on any atom is -0.485 e. The molecule has 2 aromatic carbocycles. The predicted octanol–water partition coefficient (Wildman–Crippen LogP) is 4.59. The van der Waals surface area contributed by atoms with Gasteiger partial charge in [-0.15, -0.1) is 10.2 Å². The highest BCUT2D eigenvalue weighted by Gasteiger charge is 2.17. The normalized spacial score (nSPS) is 10.7. The number of para-hydroxylation sites is 2. The van der Waals surface area contributed by atoms with Crippen molar-refractivity contribution < 1.29 is 9.53 Å². The Morgan fingerprint density at radius 2 is 1.78 bits per heavy atom. The fraction of sp³-hybridized carbons (Fsp3) is 0.167. The molecule has 0 unspecified atom stereocenters. The van der Waals surface area contributed by atoms with Crippen LogP contribution in [-0.2, 0) is 11.4 Å². The average Bonchev–Trinajstić information content (AvgIpc) is 3.21. The van der Waals surface area contributed by atoms with Gasteiger partial charge in [0, 0.05) is 11.9 Å². The highest BCUT2D eigenvalue weighted by atomic mass is 32.2. The molecule has 0 aliphatic rings. The number of hydrogen-bond acceptors (Lipinski definition) is 6. The topological polar surface area (TPSA) is 81.9 Å². The Kier molecular flexibility index (Phi) is 6.81. The van der Waals surface area contributed by atoms with Crippen LogP contribution in [0.2, 0.25) is 0 Å². The molecule has 32 heavy (non-hydrogen) atoms. The molecule has 1 N–H and O–H groups in total. The first-order valence-electron chi connectivity index (χ1n) is 10.1. The fourth-order valence-electron chi connectivity index (χ4n) is 3.25. The summed E-state index contributed by atoms with van der Waals surface area (Å²) in [6, 6.07) is 19.4. The summed E-state index contributed by atoms with van der Waals surface area (Å²) in [5.74, 6) is 1.56. The maximum atomic E-state index is 12.4. The van der Waals surface area contributed by atoms with E-state index in [1.54, 1.807) is 24.5 Å². The maximum absolute atomic E-state index is 12.4. The molecule has 0 spiro atoms. The number of carbonyl (C=O) groups excluding carboxylic acids is 1. The second-order valence-electron chi connectivity index (χ2n) is 7.16. The zero-order valence-corrected chi connectivity index (χ0v) is 18.7. The van der Waals surface area contributed by atoms with Gasteiger partial charge in [0.05, 0.1) is 17.6 Å². The number of nitrogens with zero attached hydrogens (tertiary/aromatic N) is 4. The highest BCUT2D eigenvalue weighted by Crippen LogP contribution is 2.26. The van der Waals surface area contributed by atoms with E-state index in [-0.39, 0.29) is 18.3 Å². The van der Waals surface area contributed by atoms with Crippen LogP contribution in [0, 0.1) is 13.8 Å². The van der Waals surface area contributed by atoms with Gasteiger partial charge in [0.15, 0.2) is 11.0 Å². The van der Waals surface area contributed by atoms with Crippen LogP contribution < -0.4 is 10.1 Å². The fourth-order valence-corrected chi connectivity index (χ4v) is 4.02. The Balaban J connectivity index is 1.52. The predicted molar refractivity (Wildman–Crippen MR) is 125 cm³/mol. The van der Waals surface area contributed by atoms with E-state index < -0.39 is 0 Å². The Labute approximate surface area is 190 Å². The number of amides is 1. The molecule has 162 valence electrons. The number of aromatic nitrogens is 4. The van der Waals surface area contributed by atoms with E-state index in [1.807, 2.05) is 66.9 Å². The molecule has 2 aromatic heterocycles. The number of nitrogens with one attached hydrogen (secondary N) is 1. The molecule has 1 amide bonds. The van der Waals surface area contributed by atoms with Crippen LogP contribution in [0.5, 0.6) is 5.75 Å². The van der Waals surface area contributed by atoms with E-state index >= 15 is 0 Å². The van der Waals surface area contributed by atoms with Crippen molar-refractivity contribution in [2.75, 3.05) is 11.1 Å². The van der Waals surface area contributed by atoms with E-state index in [1.165, 1.54) is 11.8 Å². The van der Waals surface area contributed by atoms with E-state index in [0.29, 0.717) is 16.7 Å². The van der Waals surface area contributed by atoms with Gasteiger partial charge in [0.1, 0.15) is 12.4 Å². The SMILES string of the molecule is Cc1cccc(C)c1OCc1nnc(SCC(=O)Nc2cccnc2)n1-c1ccccc1. The molecule has 8 heteroatoms. The molecule has 4 rings (SSSR count). The number of ether oxygens (including phenoxy) is 1. The zero-order chi connectivity index (χ0) is 22.3. The molecule has 0 bridgehead atoms. The Morgan fingerprint density at radius 3 is 2.50 bits per heavy atom. The average molecular weight is 446 g/mol. The van der Waals surface area contributed by atoms with Gasteiger partial charge in [-0.05, 0) is 49.2 Å². The van der Waals surface area contributed by atoms with E-state index in [2.05, 4.69) is 20.5 Å². The molecule has 0 saturated carbocycles. The summed E-state index contributed by atoms with van der Waals surface area (Å²) >= 11 is 1.32. The van der Waals surface area contributed by atoms with Crippen LogP contribution >= 0.6 is 11.8 Å². The molecule has 0 aliphatic carbocycles. The van der Waals surface area contributed by atoms with Crippen LogP contribution in [0.4, 0.5) is 5.69 Å². The van der Waals surface area contributed by atoms with Gasteiger partial charge in [0.25, 0.3) is 0 Å². The number of anilines is 1. The highest BCUT2D eigenvalue weighted by molar-refractivity contribution is 7.99. The minimum atomic E-state index is -0.140. The van der Waals surface area contributed by atoms with Crippen molar-refractivity contribution in [3.8, 4) is 11.4 Å². The van der Waals surface area contributed by atoms with Crippen LogP contribution in [0.3, 0.4) is 0 Å². The molecule has 0 radical (unpaired) electrons. The Bertz CT molecular complexity index is 1180. The smallest absolute Gasteiger partial charge is 0.234 e. The summed E-state index contributed by atoms with van der Waals surface area (Å²) in [6.45, 7) is 4.30. The van der Waals surface area contributed by atoms with Crippen molar-refractivity contribution in [3.63, 3.8) is 0 Å². The monoisotopic (exact) mass is 445 g/mol. The van der Waals surface area contributed by atoms with Gasteiger partial charge in [-0.2, -0.15) is 0 Å². The van der Waals surface area contributed by atoms with E-state index in [9.17, 15) is 4.79 Å². The number of thioether (sulfide) groups is 1. The molecule has 0 saturated heterocycles. The quantitative estimate of drug-likeness (QED) is 0.400. The molecular weight excluding hydrogens is 422 g/mol. The third-order valence-corrected chi connectivity index (χ3v) is 5.68. The first-order chi connectivity index (χ1) is 15.6. The van der Waals surface area contributed by atoms with Crippen molar-refractivity contribution in [1.82, 2.24) is 19.7 Å². The molecule has 0 aliphatic heterocycles. The lowest BCUT2D eigenvalue weighted by atomic mass is 10.1. The lowest BCUT2D eigenvalue weighted by Crippen LogP contribution is -2.15. The summed E-state index contributed by atoms with van der Waals surface area (Å²) in [6.07, 6.45) is 3.27. The van der Waals surface area contributed by atoms with Crippen LogP contribution in [0.25, 0.3) is 5.69 Å². The number of aryl methyl sites for hydroxylation is 2. The van der Waals surface area contributed by atoms with Gasteiger partial charge in [0.2, 0.25) is 5.91 Å². The molecule has 0 fully saturated rings. The van der Waals surface area contributed by atoms with E-state index in [4.69, 9.17) is 4.74 Å². The van der Waals surface area contributed by atoms with Gasteiger partial charge in [-0.3, -0.25) is 14.3 Å². The summed E-state index contributed by atoms with van der Waals surface area (Å²) < 4.78 is 8.04. The lowest BCUT2D eigenvalue weighted by Gasteiger charge is -2.13. The largest absolute Gasteiger partial charge is 0.485 e. The number of rotatable bonds is 8. The van der Waals surface area contributed by atoms with Crippen LogP contribution in [-0.4, -0.2) is 31.4 Å². The Hall–Kier alpha value is -3.65. The first-order valence-corrected chi connectivity index (χ1v) is 11.1. The summed E-state index contributed by atoms with van der Waals surface area (Å²) in [7, 11) is 0. The van der Waals surface area contributed by atoms with Gasteiger partial charge in [-0.25, -0.2) is 0 Å². The van der Waals surface area contributed by atoms with Crippen LogP contribution in [0.15, 0.2) is 78.2 Å². The molecule has 2 heterocycles. The third-order valence-electron chi connectivity index (χ3n) is 4.75. The molecule has 7 nitrogen and oxygen atoms in total. The lowest BCUT2D eigenvalue weighted by molar-refractivity contribution is -0.113. The van der Waals surface area contributed by atoms with Crippen molar-refractivity contribution in [3.05, 3.63) is 90.0 Å². The molecule has 4 aromatic rings. The number of pyridine rings is 1. The maximum Gasteiger partial charge on any atom is 0.234 e. The van der Waals surface area contributed by atoms with Crippen molar-refractivity contribution >= 4 is 23.4 Å². The second kappa shape index (κ2) is 10.1. The van der Waals surface area contributed by atoms with Gasteiger partial charge >= 0.3 is 0 Å². The standard InChI is InChI=1S/C24H23N5O2S/c1-17-8-6-9-18(2)23(17)31-15-21-27-28-24(29(21)20-11-4-3-5-12-20)32-16-22(30)26-19-10-7-13-25-14-19/h3-14H,15-16H2,1-2H3,(H,26,30).